The van der Waals surface area contributed by atoms with E-state index in [-0.39, 0.29) is 18.9 Å². The maximum Gasteiger partial charge on any atom is 0.397 e. The standard InChI is InChI=1S/C36H69NO11S/c1-3-5-7-9-11-13-14-15-16-18-19-21-23-25-30(39)29(37-32(40)26-24-22-20-17-12-10-8-6-4-2)28-46-36-34(42)35(48-49(43,44)45)33(41)31(27-38)47-36/h23,25,29-31,33-36,38-39,41-42H,3-22,24,26-28H2,1-2H3,(H,37,40)(H,43,44,45)/b25-23+/t29-,30+,31+,33-,34+,35-,36+/m0/s1. The van der Waals surface area contributed by atoms with Crippen LogP contribution in [0.4, 0.5) is 0 Å². The van der Waals surface area contributed by atoms with Gasteiger partial charge in [-0.25, -0.2) is 4.18 Å². The van der Waals surface area contributed by atoms with E-state index in [4.69, 9.17) is 14.0 Å². The normalized spacial score (nSPS) is 22.8. The van der Waals surface area contributed by atoms with Gasteiger partial charge in [0.2, 0.25) is 5.91 Å². The minimum atomic E-state index is -5.07. The molecular weight excluding hydrogens is 654 g/mol. The fraction of sp³-hybridized carbons (Fsp3) is 0.917. The number of ether oxygens (including phenoxy) is 2. The summed E-state index contributed by atoms with van der Waals surface area (Å²) in [6.07, 6.45) is 18.4. The Balaban J connectivity index is 2.66. The molecule has 12 nitrogen and oxygen atoms in total. The van der Waals surface area contributed by atoms with Crippen LogP contribution in [-0.2, 0) is 28.9 Å². The number of carbonyl (C=O) groups is 1. The molecule has 13 heteroatoms. The minimum absolute atomic E-state index is 0.268. The number of rotatable bonds is 31. The summed E-state index contributed by atoms with van der Waals surface area (Å²) >= 11 is 0. The van der Waals surface area contributed by atoms with Crippen LogP contribution < -0.4 is 5.32 Å². The second kappa shape index (κ2) is 28.4. The lowest BCUT2D eigenvalue weighted by Crippen LogP contribution is -2.61. The lowest BCUT2D eigenvalue weighted by molar-refractivity contribution is -0.298. The van der Waals surface area contributed by atoms with Crippen molar-refractivity contribution in [2.45, 2.75) is 198 Å². The molecule has 0 bridgehead atoms. The summed E-state index contributed by atoms with van der Waals surface area (Å²) < 4.78 is 47.3. The number of nitrogens with one attached hydrogen (secondary N) is 1. The van der Waals surface area contributed by atoms with Crippen LogP contribution in [0.2, 0.25) is 0 Å². The molecule has 0 spiro atoms. The van der Waals surface area contributed by atoms with Crippen LogP contribution >= 0.6 is 0 Å². The third-order valence-electron chi connectivity index (χ3n) is 9.07. The summed E-state index contributed by atoms with van der Waals surface area (Å²) in [4.78, 5) is 12.9. The van der Waals surface area contributed by atoms with Gasteiger partial charge in [0.15, 0.2) is 6.29 Å². The third kappa shape index (κ3) is 22.4. The van der Waals surface area contributed by atoms with Gasteiger partial charge in [-0.2, -0.15) is 8.42 Å². The SMILES string of the molecule is CCCCCCCCCCCCC/C=C/[C@@H](O)[C@H](CO[C@@H]1O[C@H](CO)[C@H](O)[C@H](OS(=O)(=O)O)[C@H]1O)NC(=O)CCCCCCCCCCC. The molecule has 0 aromatic rings. The molecule has 0 unspecified atom stereocenters. The number of amides is 1. The summed E-state index contributed by atoms with van der Waals surface area (Å²) in [6.45, 7) is 3.32. The van der Waals surface area contributed by atoms with E-state index in [9.17, 15) is 33.6 Å². The zero-order valence-electron chi connectivity index (χ0n) is 30.3. The van der Waals surface area contributed by atoms with E-state index in [2.05, 4.69) is 23.3 Å². The van der Waals surface area contributed by atoms with Gasteiger partial charge in [-0.15, -0.1) is 0 Å². The maximum atomic E-state index is 12.9. The van der Waals surface area contributed by atoms with Crippen LogP contribution in [0.15, 0.2) is 12.2 Å². The van der Waals surface area contributed by atoms with E-state index in [1.165, 1.54) is 89.9 Å². The van der Waals surface area contributed by atoms with Crippen molar-refractivity contribution in [1.29, 1.82) is 0 Å². The van der Waals surface area contributed by atoms with Crippen molar-refractivity contribution in [2.75, 3.05) is 13.2 Å². The molecule has 1 saturated heterocycles. The van der Waals surface area contributed by atoms with Crippen LogP contribution in [0.5, 0.6) is 0 Å². The Bertz CT molecular complexity index is 951. The number of hydrogen-bond donors (Lipinski definition) is 6. The fourth-order valence-electron chi connectivity index (χ4n) is 6.04. The average Bonchev–Trinajstić information content (AvgIpc) is 3.06. The average molecular weight is 724 g/mol. The van der Waals surface area contributed by atoms with Gasteiger partial charge >= 0.3 is 10.4 Å². The number of carbonyl (C=O) groups excluding carboxylic acids is 1. The molecule has 0 saturated carbocycles. The number of allylic oxidation sites excluding steroid dienone is 1. The van der Waals surface area contributed by atoms with Crippen LogP contribution in [0.25, 0.3) is 0 Å². The molecule has 1 aliphatic rings. The first-order valence-corrected chi connectivity index (χ1v) is 20.4. The van der Waals surface area contributed by atoms with E-state index in [1.54, 1.807) is 6.08 Å². The van der Waals surface area contributed by atoms with Crippen LogP contribution in [0.1, 0.15) is 155 Å². The highest BCUT2D eigenvalue weighted by Crippen LogP contribution is 2.26. The van der Waals surface area contributed by atoms with Crippen molar-refractivity contribution in [1.82, 2.24) is 5.32 Å². The summed E-state index contributed by atoms with van der Waals surface area (Å²) in [6, 6.07) is -0.934. The van der Waals surface area contributed by atoms with E-state index < -0.39 is 59.9 Å². The molecule has 6 N–H and O–H groups in total. The molecular formula is C36H69NO11S. The Hall–Kier alpha value is -1.16. The first-order chi connectivity index (χ1) is 23.5. The van der Waals surface area contributed by atoms with Gasteiger partial charge in [0, 0.05) is 6.42 Å². The number of aliphatic hydroxyl groups excluding tert-OH is 4. The van der Waals surface area contributed by atoms with E-state index in [0.29, 0.717) is 6.42 Å². The van der Waals surface area contributed by atoms with E-state index >= 15 is 0 Å². The van der Waals surface area contributed by atoms with Gasteiger partial charge in [0.25, 0.3) is 0 Å². The lowest BCUT2D eigenvalue weighted by atomic mass is 9.99. The molecule has 1 aliphatic heterocycles. The largest absolute Gasteiger partial charge is 0.397 e. The molecule has 49 heavy (non-hydrogen) atoms. The predicted octanol–water partition coefficient (Wildman–Crippen LogP) is 5.65. The summed E-state index contributed by atoms with van der Waals surface area (Å²) in [7, 11) is -5.07. The molecule has 7 atom stereocenters. The van der Waals surface area contributed by atoms with Gasteiger partial charge in [0.05, 0.1) is 25.4 Å². The molecule has 1 heterocycles. The van der Waals surface area contributed by atoms with Crippen molar-refractivity contribution in [2.24, 2.45) is 0 Å². The third-order valence-corrected chi connectivity index (χ3v) is 9.53. The molecule has 1 rings (SSSR count). The Morgan fingerprint density at radius 3 is 1.78 bits per heavy atom. The lowest BCUT2D eigenvalue weighted by Gasteiger charge is -2.41. The van der Waals surface area contributed by atoms with E-state index in [1.807, 2.05) is 6.08 Å². The fourth-order valence-corrected chi connectivity index (χ4v) is 6.55. The molecule has 1 fully saturated rings. The zero-order chi connectivity index (χ0) is 36.3. The molecule has 0 aliphatic carbocycles. The number of aliphatic hydroxyl groups is 4. The van der Waals surface area contributed by atoms with Crippen LogP contribution in [-0.4, -0.2) is 95.4 Å². The van der Waals surface area contributed by atoms with Crippen molar-refractivity contribution in [3.05, 3.63) is 12.2 Å². The maximum absolute atomic E-state index is 12.9. The molecule has 1 amide bonds. The molecule has 0 aromatic heterocycles. The first-order valence-electron chi connectivity index (χ1n) is 19.1. The Labute approximate surface area is 296 Å². The van der Waals surface area contributed by atoms with Crippen molar-refractivity contribution in [3.63, 3.8) is 0 Å². The zero-order valence-corrected chi connectivity index (χ0v) is 31.1. The Kier molecular flexibility index (Phi) is 26.6. The van der Waals surface area contributed by atoms with Crippen LogP contribution in [0, 0.1) is 0 Å². The van der Waals surface area contributed by atoms with E-state index in [0.717, 1.165) is 38.5 Å². The topological polar surface area (TPSA) is 192 Å². The van der Waals surface area contributed by atoms with Gasteiger partial charge in [-0.05, 0) is 19.3 Å². The Morgan fingerprint density at radius 1 is 0.796 bits per heavy atom. The first kappa shape index (κ1) is 45.9. The minimum Gasteiger partial charge on any atom is -0.394 e. The number of unbranched alkanes of at least 4 members (excludes halogenated alkanes) is 19. The van der Waals surface area contributed by atoms with Gasteiger partial charge in [0.1, 0.15) is 24.4 Å². The molecule has 290 valence electrons. The predicted molar refractivity (Wildman–Crippen MR) is 190 cm³/mol. The smallest absolute Gasteiger partial charge is 0.394 e. The highest BCUT2D eigenvalue weighted by Gasteiger charge is 2.48. The van der Waals surface area contributed by atoms with Gasteiger partial charge in [-0.3, -0.25) is 9.35 Å². The molecule has 0 radical (unpaired) electrons. The highest BCUT2D eigenvalue weighted by molar-refractivity contribution is 7.80. The summed E-state index contributed by atoms with van der Waals surface area (Å²) in [5, 5.41) is 44.3. The molecule has 0 aromatic carbocycles. The highest BCUT2D eigenvalue weighted by atomic mass is 32.3. The van der Waals surface area contributed by atoms with Gasteiger partial charge in [-0.1, -0.05) is 142 Å². The number of hydrogen-bond acceptors (Lipinski definition) is 10. The van der Waals surface area contributed by atoms with Crippen molar-refractivity contribution >= 4 is 16.3 Å². The summed E-state index contributed by atoms with van der Waals surface area (Å²) in [5.41, 5.74) is 0. The van der Waals surface area contributed by atoms with Gasteiger partial charge < -0.3 is 35.2 Å². The summed E-state index contributed by atoms with van der Waals surface area (Å²) in [5.74, 6) is -0.268. The monoisotopic (exact) mass is 723 g/mol. The van der Waals surface area contributed by atoms with Crippen molar-refractivity contribution < 1.29 is 51.8 Å². The van der Waals surface area contributed by atoms with Crippen molar-refractivity contribution in [3.8, 4) is 0 Å². The van der Waals surface area contributed by atoms with Crippen LogP contribution in [0.3, 0.4) is 0 Å². The second-order valence-electron chi connectivity index (χ2n) is 13.5. The second-order valence-corrected chi connectivity index (χ2v) is 14.6. The quantitative estimate of drug-likeness (QED) is 0.0294. The Morgan fingerprint density at radius 2 is 1.29 bits per heavy atom.